The van der Waals surface area contributed by atoms with Crippen LogP contribution in [0.15, 0.2) is 0 Å². The summed E-state index contributed by atoms with van der Waals surface area (Å²) in [6.45, 7) is 7.46. The topological polar surface area (TPSA) is 98.8 Å². The second-order valence-electron chi connectivity index (χ2n) is 5.89. The lowest BCUT2D eigenvalue weighted by molar-refractivity contribution is -0.151. The van der Waals surface area contributed by atoms with Crippen LogP contribution < -0.4 is 5.32 Å². The Hall–Kier alpha value is -1.36. The fourth-order valence-corrected chi connectivity index (χ4v) is 5.82. The van der Waals surface area contributed by atoms with Crippen LogP contribution in [-0.4, -0.2) is 47.7 Å². The molecule has 1 amide bonds. The first-order valence-corrected chi connectivity index (χ1v) is 9.29. The van der Waals surface area contributed by atoms with E-state index < -0.39 is 37.1 Å². The van der Waals surface area contributed by atoms with Crippen molar-refractivity contribution in [3.63, 3.8) is 0 Å². The minimum atomic E-state index is -2.91. The van der Waals surface area contributed by atoms with Gasteiger partial charge in [-0.2, -0.15) is 0 Å². The second kappa shape index (κ2) is 7.27. The molecular weight excluding hydrogens is 309 g/mol. The minimum Gasteiger partial charge on any atom is -0.460 e. The molecule has 0 bridgehead atoms. The van der Waals surface area contributed by atoms with Crippen molar-refractivity contribution in [3.8, 4) is 0 Å². The number of esters is 2. The molecule has 126 valence electrons. The van der Waals surface area contributed by atoms with Gasteiger partial charge in [0.05, 0.1) is 6.04 Å². The zero-order valence-corrected chi connectivity index (χ0v) is 14.5. The molecule has 1 N–H and O–H groups in total. The summed E-state index contributed by atoms with van der Waals surface area (Å²) < 4.78 is 23.7. The van der Waals surface area contributed by atoms with E-state index in [1.54, 1.807) is 13.8 Å². The van der Waals surface area contributed by atoms with E-state index in [-0.39, 0.29) is 24.1 Å². The zero-order chi connectivity index (χ0) is 17.1. The Balaban J connectivity index is 3.10. The van der Waals surface area contributed by atoms with Crippen LogP contribution in [0.1, 0.15) is 41.0 Å². The van der Waals surface area contributed by atoms with Gasteiger partial charge in [-0.25, -0.2) is 0 Å². The molecule has 0 radical (unpaired) electrons. The molecule has 8 heteroatoms. The first-order chi connectivity index (χ1) is 10.1. The maximum Gasteiger partial charge on any atom is 0.303 e. The summed E-state index contributed by atoms with van der Waals surface area (Å²) in [5.74, 6) is -2.07. The summed E-state index contributed by atoms with van der Waals surface area (Å²) in [5.41, 5.74) is -0.215. The molecule has 2 unspecified atom stereocenters. The van der Waals surface area contributed by atoms with E-state index in [4.69, 9.17) is 9.47 Å². The molecule has 4 atom stereocenters. The first-order valence-electron chi connectivity index (χ1n) is 7.26. The number of hydrogen-bond donors (Lipinski definition) is 1. The van der Waals surface area contributed by atoms with Gasteiger partial charge in [-0.15, -0.1) is 0 Å². The summed E-state index contributed by atoms with van der Waals surface area (Å²) in [6, 6.07) is -0.522. The van der Waals surface area contributed by atoms with Gasteiger partial charge in [-0.3, -0.25) is 14.4 Å². The van der Waals surface area contributed by atoms with E-state index in [0.717, 1.165) is 0 Å². The lowest BCUT2D eigenvalue weighted by Gasteiger charge is -2.41. The number of ether oxygens (including phenoxy) is 2. The molecule has 0 aromatic carbocycles. The Morgan fingerprint density at radius 1 is 1.09 bits per heavy atom. The molecule has 1 rings (SSSR count). The van der Waals surface area contributed by atoms with Crippen molar-refractivity contribution < 1.29 is 28.4 Å². The van der Waals surface area contributed by atoms with Gasteiger partial charge in [0.2, 0.25) is 5.91 Å². The van der Waals surface area contributed by atoms with Crippen molar-refractivity contribution in [2.24, 2.45) is 0 Å². The van der Waals surface area contributed by atoms with E-state index >= 15 is 0 Å². The molecule has 0 saturated carbocycles. The van der Waals surface area contributed by atoms with Crippen molar-refractivity contribution in [2.45, 2.75) is 64.7 Å². The maximum absolute atomic E-state index is 13.2. The number of carbonyl (C=O) groups excluding carboxylic acids is 3. The monoisotopic (exact) mass is 333 g/mol. The summed E-state index contributed by atoms with van der Waals surface area (Å²) >= 11 is 0. The van der Waals surface area contributed by atoms with Crippen LogP contribution in [0.5, 0.6) is 0 Å². The Morgan fingerprint density at radius 2 is 1.64 bits per heavy atom. The van der Waals surface area contributed by atoms with Crippen molar-refractivity contribution in [1.82, 2.24) is 5.32 Å². The second-order valence-corrected chi connectivity index (χ2v) is 9.57. The van der Waals surface area contributed by atoms with Gasteiger partial charge in [0.15, 0.2) is 5.85 Å². The Morgan fingerprint density at radius 3 is 2.05 bits per heavy atom. The van der Waals surface area contributed by atoms with Crippen molar-refractivity contribution in [1.29, 1.82) is 0 Å². The summed E-state index contributed by atoms with van der Waals surface area (Å²) in [6.07, 6.45) is -0.416. The normalized spacial score (nSPS) is 31.5. The molecule has 0 spiro atoms. The average molecular weight is 333 g/mol. The third kappa shape index (κ3) is 4.57. The van der Waals surface area contributed by atoms with Gasteiger partial charge in [-0.1, -0.05) is 13.8 Å². The average Bonchev–Trinajstić information content (AvgIpc) is 2.32. The lowest BCUT2D eigenvalue weighted by atomic mass is 10.1. The van der Waals surface area contributed by atoms with Crippen LogP contribution in [-0.2, 0) is 28.4 Å². The van der Waals surface area contributed by atoms with Gasteiger partial charge >= 0.3 is 11.9 Å². The third-order valence-electron chi connectivity index (χ3n) is 3.74. The fraction of sp³-hybridized carbons (Fsp3) is 0.786. The Labute approximate surface area is 130 Å². The van der Waals surface area contributed by atoms with Crippen LogP contribution in [0, 0.1) is 0 Å². The van der Waals surface area contributed by atoms with Gasteiger partial charge < -0.3 is 19.4 Å². The molecule has 0 aromatic rings. The van der Waals surface area contributed by atoms with E-state index in [9.17, 15) is 18.9 Å². The predicted molar refractivity (Wildman–Crippen MR) is 80.9 cm³/mol. The zero-order valence-electron chi connectivity index (χ0n) is 13.6. The predicted octanol–water partition coefficient (Wildman–Crippen LogP) is 1.49. The van der Waals surface area contributed by atoms with E-state index in [2.05, 4.69) is 5.32 Å². The molecule has 0 aromatic heterocycles. The summed E-state index contributed by atoms with van der Waals surface area (Å²) in [7, 11) is -2.91. The SMILES string of the molecule is CC(=O)N[C@H]1CC(OC(C)=O)P(=O)(C(C)C)C[C@H]1OC(C)=O. The molecule has 1 aliphatic heterocycles. The first kappa shape index (κ1) is 18.7. The summed E-state index contributed by atoms with van der Waals surface area (Å²) in [5, 5.41) is 2.69. The van der Waals surface area contributed by atoms with Gasteiger partial charge in [-0.05, 0) is 0 Å². The highest BCUT2D eigenvalue weighted by molar-refractivity contribution is 7.65. The minimum absolute atomic E-state index is 0.0904. The van der Waals surface area contributed by atoms with E-state index in [0.29, 0.717) is 0 Å². The molecule has 1 aliphatic rings. The smallest absolute Gasteiger partial charge is 0.303 e. The van der Waals surface area contributed by atoms with Crippen LogP contribution in [0.3, 0.4) is 0 Å². The van der Waals surface area contributed by atoms with Gasteiger partial charge in [0.25, 0.3) is 0 Å². The van der Waals surface area contributed by atoms with Crippen molar-refractivity contribution in [3.05, 3.63) is 0 Å². The van der Waals surface area contributed by atoms with Crippen molar-refractivity contribution in [2.75, 3.05) is 6.16 Å². The molecule has 22 heavy (non-hydrogen) atoms. The third-order valence-corrected chi connectivity index (χ3v) is 7.71. The van der Waals surface area contributed by atoms with Crippen LogP contribution in [0.2, 0.25) is 0 Å². The molecule has 0 aliphatic carbocycles. The number of amides is 1. The van der Waals surface area contributed by atoms with E-state index in [1.807, 2.05) is 0 Å². The number of nitrogens with one attached hydrogen (secondary N) is 1. The highest BCUT2D eigenvalue weighted by atomic mass is 31.2. The quantitative estimate of drug-likeness (QED) is 0.618. The number of hydrogen-bond acceptors (Lipinski definition) is 6. The highest BCUT2D eigenvalue weighted by Crippen LogP contribution is 2.60. The van der Waals surface area contributed by atoms with Gasteiger partial charge in [0, 0.05) is 39.0 Å². The molecule has 1 fully saturated rings. The number of carbonyl (C=O) groups is 3. The fourth-order valence-electron chi connectivity index (χ4n) is 2.69. The largest absolute Gasteiger partial charge is 0.460 e. The van der Waals surface area contributed by atoms with Gasteiger partial charge in [0.1, 0.15) is 13.2 Å². The summed E-state index contributed by atoms with van der Waals surface area (Å²) in [4.78, 5) is 33.9. The highest BCUT2D eigenvalue weighted by Gasteiger charge is 2.49. The van der Waals surface area contributed by atoms with Crippen LogP contribution >= 0.6 is 7.14 Å². The van der Waals surface area contributed by atoms with Crippen LogP contribution in [0.25, 0.3) is 0 Å². The molecule has 7 nitrogen and oxygen atoms in total. The Kier molecular flexibility index (Phi) is 6.17. The maximum atomic E-state index is 13.2. The standard InChI is InChI=1S/C14H24NO6P/c1-8(2)22(19)7-13(20-10(4)17)12(15-9(3)16)6-14(22)21-11(5)18/h8,12-14H,6-7H2,1-5H3,(H,15,16)/t12-,13+,14?,22?/m0/s1. The van der Waals surface area contributed by atoms with E-state index in [1.165, 1.54) is 20.8 Å². The van der Waals surface area contributed by atoms with Crippen LogP contribution in [0.4, 0.5) is 0 Å². The molecule has 1 heterocycles. The number of rotatable bonds is 4. The lowest BCUT2D eigenvalue weighted by Crippen LogP contribution is -2.52. The molecular formula is C14H24NO6P. The van der Waals surface area contributed by atoms with Crippen molar-refractivity contribution >= 4 is 25.0 Å². The Bertz CT molecular complexity index is 504. The molecule has 1 saturated heterocycles.